The van der Waals surface area contributed by atoms with E-state index in [4.69, 9.17) is 14.3 Å². The molecule has 1 N–H and O–H groups in total. The molecule has 0 atom stereocenters. The Kier molecular flexibility index (Phi) is 8.90. The Morgan fingerprint density at radius 1 is 1.26 bits per heavy atom. The Bertz CT molecular complexity index is 697. The molecular weight excluding hydrogens is 455 g/mol. The Morgan fingerprint density at radius 2 is 2.00 bits per heavy atom. The van der Waals surface area contributed by atoms with Gasteiger partial charge in [0.1, 0.15) is 18.4 Å². The molecule has 3 rings (SSSR count). The van der Waals surface area contributed by atoms with Gasteiger partial charge < -0.3 is 19.5 Å². The van der Waals surface area contributed by atoms with Crippen molar-refractivity contribution in [3.05, 3.63) is 47.9 Å². The van der Waals surface area contributed by atoms with Crippen molar-refractivity contribution in [3.63, 3.8) is 0 Å². The first-order valence-electron chi connectivity index (χ1n) is 9.48. The number of para-hydroxylation sites is 1. The van der Waals surface area contributed by atoms with E-state index in [0.29, 0.717) is 6.54 Å². The summed E-state index contributed by atoms with van der Waals surface area (Å²) in [6.07, 6.45) is 3.11. The number of hydrogen-bond acceptors (Lipinski definition) is 4. The highest BCUT2D eigenvalue weighted by molar-refractivity contribution is 14.0. The number of aliphatic imine (C=N–C) groups is 1. The average molecular weight is 484 g/mol. The van der Waals surface area contributed by atoms with Gasteiger partial charge in [0.15, 0.2) is 11.7 Å². The second-order valence-corrected chi connectivity index (χ2v) is 6.43. The molecule has 1 fully saturated rings. The third kappa shape index (κ3) is 6.41. The standard InChI is InChI=1S/C20H28N4O2.HI/c1-3-16-14-19(26-23-16)15-22-20(21-4-2)24-12-10-18(11-13-24)25-17-8-6-5-7-9-17;/h5-9,14,18H,3-4,10-13,15H2,1-2H3,(H,21,22);1H. The molecule has 1 aliphatic heterocycles. The van der Waals surface area contributed by atoms with Crippen molar-refractivity contribution in [2.24, 2.45) is 4.99 Å². The van der Waals surface area contributed by atoms with Crippen LogP contribution in [0.3, 0.4) is 0 Å². The number of nitrogens with zero attached hydrogens (tertiary/aromatic N) is 3. The maximum Gasteiger partial charge on any atom is 0.194 e. The minimum absolute atomic E-state index is 0. The molecule has 0 saturated carbocycles. The van der Waals surface area contributed by atoms with E-state index < -0.39 is 0 Å². The van der Waals surface area contributed by atoms with Crippen LogP contribution < -0.4 is 10.1 Å². The fourth-order valence-corrected chi connectivity index (χ4v) is 3.05. The summed E-state index contributed by atoms with van der Waals surface area (Å²) in [6, 6.07) is 12.0. The number of likely N-dealkylation sites (tertiary alicyclic amines) is 1. The van der Waals surface area contributed by atoms with Crippen LogP contribution in [0.25, 0.3) is 0 Å². The highest BCUT2D eigenvalue weighted by Crippen LogP contribution is 2.19. The summed E-state index contributed by atoms with van der Waals surface area (Å²) in [5.41, 5.74) is 0.971. The van der Waals surface area contributed by atoms with Gasteiger partial charge in [0.2, 0.25) is 0 Å². The summed E-state index contributed by atoms with van der Waals surface area (Å²) in [7, 11) is 0. The molecule has 7 heteroatoms. The molecule has 0 bridgehead atoms. The normalized spacial score (nSPS) is 15.3. The van der Waals surface area contributed by atoms with Gasteiger partial charge >= 0.3 is 0 Å². The molecule has 0 spiro atoms. The van der Waals surface area contributed by atoms with Gasteiger partial charge in [-0.2, -0.15) is 0 Å². The summed E-state index contributed by atoms with van der Waals surface area (Å²) in [4.78, 5) is 7.02. The van der Waals surface area contributed by atoms with Crippen LogP contribution in [0.5, 0.6) is 5.75 Å². The molecule has 6 nitrogen and oxygen atoms in total. The van der Waals surface area contributed by atoms with Crippen LogP contribution in [-0.2, 0) is 13.0 Å². The number of benzene rings is 1. The Hall–Kier alpha value is -1.77. The topological polar surface area (TPSA) is 62.9 Å². The SMILES string of the molecule is CCNC(=NCc1cc(CC)no1)N1CCC(Oc2ccccc2)CC1.I. The van der Waals surface area contributed by atoms with E-state index in [1.54, 1.807) is 0 Å². The first-order chi connectivity index (χ1) is 12.8. The van der Waals surface area contributed by atoms with Gasteiger partial charge in [-0.25, -0.2) is 4.99 Å². The van der Waals surface area contributed by atoms with E-state index in [1.165, 1.54) is 0 Å². The summed E-state index contributed by atoms with van der Waals surface area (Å²) >= 11 is 0. The zero-order valence-corrected chi connectivity index (χ0v) is 18.4. The predicted octanol–water partition coefficient (Wildman–Crippen LogP) is 3.86. The summed E-state index contributed by atoms with van der Waals surface area (Å²) in [6.45, 7) is 7.37. The van der Waals surface area contributed by atoms with E-state index in [0.717, 1.165) is 62.1 Å². The smallest absolute Gasteiger partial charge is 0.194 e. The summed E-state index contributed by atoms with van der Waals surface area (Å²) < 4.78 is 11.4. The number of aryl methyl sites for hydroxylation is 1. The Labute approximate surface area is 178 Å². The van der Waals surface area contributed by atoms with Gasteiger partial charge in [-0.1, -0.05) is 30.3 Å². The molecule has 148 valence electrons. The molecule has 1 aromatic carbocycles. The number of piperidine rings is 1. The molecule has 0 unspecified atom stereocenters. The highest BCUT2D eigenvalue weighted by Gasteiger charge is 2.22. The van der Waals surface area contributed by atoms with Crippen molar-refractivity contribution >= 4 is 29.9 Å². The minimum atomic E-state index is 0. The van der Waals surface area contributed by atoms with E-state index in [2.05, 4.69) is 29.2 Å². The molecule has 0 amide bonds. The lowest BCUT2D eigenvalue weighted by atomic mass is 10.1. The van der Waals surface area contributed by atoms with E-state index in [-0.39, 0.29) is 30.1 Å². The van der Waals surface area contributed by atoms with Crippen LogP contribution in [0.4, 0.5) is 0 Å². The van der Waals surface area contributed by atoms with Crippen LogP contribution in [-0.4, -0.2) is 41.8 Å². The number of halogens is 1. The van der Waals surface area contributed by atoms with Crippen molar-refractivity contribution in [3.8, 4) is 5.75 Å². The fraction of sp³-hybridized carbons (Fsp3) is 0.500. The van der Waals surface area contributed by atoms with Crippen molar-refractivity contribution in [1.29, 1.82) is 0 Å². The number of aromatic nitrogens is 1. The van der Waals surface area contributed by atoms with Gasteiger partial charge in [0.05, 0.1) is 5.69 Å². The van der Waals surface area contributed by atoms with Crippen molar-refractivity contribution in [2.75, 3.05) is 19.6 Å². The molecule has 2 heterocycles. The molecule has 0 aliphatic carbocycles. The number of nitrogens with one attached hydrogen (secondary N) is 1. The highest BCUT2D eigenvalue weighted by atomic mass is 127. The Morgan fingerprint density at radius 3 is 2.63 bits per heavy atom. The van der Waals surface area contributed by atoms with Crippen LogP contribution in [0, 0.1) is 0 Å². The molecular formula is C20H29IN4O2. The second-order valence-electron chi connectivity index (χ2n) is 6.43. The first kappa shape index (κ1) is 21.5. The van der Waals surface area contributed by atoms with Crippen molar-refractivity contribution in [2.45, 2.75) is 45.8 Å². The zero-order valence-electron chi connectivity index (χ0n) is 16.1. The van der Waals surface area contributed by atoms with E-state index in [1.807, 2.05) is 36.4 Å². The van der Waals surface area contributed by atoms with Crippen LogP contribution in [0.2, 0.25) is 0 Å². The average Bonchev–Trinajstić information content (AvgIpc) is 3.15. The van der Waals surface area contributed by atoms with E-state index in [9.17, 15) is 0 Å². The number of ether oxygens (including phenoxy) is 1. The molecule has 1 saturated heterocycles. The molecule has 27 heavy (non-hydrogen) atoms. The van der Waals surface area contributed by atoms with Gasteiger partial charge in [-0.3, -0.25) is 0 Å². The first-order valence-corrected chi connectivity index (χ1v) is 9.48. The van der Waals surface area contributed by atoms with Gasteiger partial charge in [0, 0.05) is 38.5 Å². The summed E-state index contributed by atoms with van der Waals surface area (Å²) in [5, 5.41) is 7.41. The number of guanidine groups is 1. The van der Waals surface area contributed by atoms with Crippen LogP contribution in [0.1, 0.15) is 38.1 Å². The van der Waals surface area contributed by atoms with Crippen molar-refractivity contribution in [1.82, 2.24) is 15.4 Å². The van der Waals surface area contributed by atoms with Crippen molar-refractivity contribution < 1.29 is 9.26 Å². The van der Waals surface area contributed by atoms with Gasteiger partial charge in [-0.15, -0.1) is 24.0 Å². The monoisotopic (exact) mass is 484 g/mol. The number of hydrogen-bond donors (Lipinski definition) is 1. The maximum absolute atomic E-state index is 6.08. The molecule has 2 aromatic rings. The molecule has 1 aromatic heterocycles. The van der Waals surface area contributed by atoms with Crippen LogP contribution >= 0.6 is 24.0 Å². The lowest BCUT2D eigenvalue weighted by Crippen LogP contribution is -2.47. The summed E-state index contributed by atoms with van der Waals surface area (Å²) in [5.74, 6) is 2.68. The zero-order chi connectivity index (χ0) is 18.2. The maximum atomic E-state index is 6.08. The third-order valence-electron chi connectivity index (χ3n) is 4.48. The van der Waals surface area contributed by atoms with Gasteiger partial charge in [0.25, 0.3) is 0 Å². The Balaban J connectivity index is 0.00000261. The van der Waals surface area contributed by atoms with Gasteiger partial charge in [-0.05, 0) is 25.5 Å². The van der Waals surface area contributed by atoms with Crippen LogP contribution in [0.15, 0.2) is 45.9 Å². The largest absolute Gasteiger partial charge is 0.490 e. The third-order valence-corrected chi connectivity index (χ3v) is 4.48. The lowest BCUT2D eigenvalue weighted by molar-refractivity contribution is 0.129. The number of rotatable bonds is 6. The fourth-order valence-electron chi connectivity index (χ4n) is 3.05. The molecule has 0 radical (unpaired) electrons. The second kappa shape index (κ2) is 11.2. The quantitative estimate of drug-likeness (QED) is 0.383. The lowest BCUT2D eigenvalue weighted by Gasteiger charge is -2.34. The molecule has 1 aliphatic rings. The van der Waals surface area contributed by atoms with E-state index >= 15 is 0 Å². The predicted molar refractivity (Wildman–Crippen MR) is 118 cm³/mol. The minimum Gasteiger partial charge on any atom is -0.490 e.